The fourth-order valence-electron chi connectivity index (χ4n) is 2.51. The molecule has 5 nitrogen and oxygen atoms in total. The lowest BCUT2D eigenvalue weighted by Gasteiger charge is -2.07. The van der Waals surface area contributed by atoms with E-state index >= 15 is 0 Å². The molecule has 0 aliphatic carbocycles. The van der Waals surface area contributed by atoms with Crippen LogP contribution in [0.3, 0.4) is 0 Å². The molecule has 2 heterocycles. The molecule has 0 N–H and O–H groups in total. The molecular formula is C17H14BrFN2O3S. The molecule has 3 rings (SSSR count). The molecule has 130 valence electrons. The molecule has 0 radical (unpaired) electrons. The van der Waals surface area contributed by atoms with Crippen LogP contribution in [0.25, 0.3) is 10.2 Å². The summed E-state index contributed by atoms with van der Waals surface area (Å²) in [6.45, 7) is 3.72. The third-order valence-corrected chi connectivity index (χ3v) is 5.40. The molecule has 1 aromatic carbocycles. The Bertz CT molecular complexity index is 1030. The molecular weight excluding hydrogens is 411 g/mol. The van der Waals surface area contributed by atoms with E-state index in [9.17, 15) is 14.0 Å². The summed E-state index contributed by atoms with van der Waals surface area (Å²) in [5.41, 5.74) is 0.602. The molecule has 0 aliphatic rings. The number of esters is 1. The van der Waals surface area contributed by atoms with Gasteiger partial charge < -0.3 is 4.74 Å². The van der Waals surface area contributed by atoms with Gasteiger partial charge in [-0.05, 0) is 37.6 Å². The number of thiophene rings is 1. The van der Waals surface area contributed by atoms with Crippen molar-refractivity contribution in [3.63, 3.8) is 0 Å². The van der Waals surface area contributed by atoms with Crippen molar-refractivity contribution in [3.8, 4) is 0 Å². The Morgan fingerprint density at radius 3 is 2.92 bits per heavy atom. The molecule has 0 atom stereocenters. The standard InChI is InChI=1S/C17H14BrFN2O3S/c1-3-24-17(23)14-9(2)13-15(25-14)20-8-21(16(13)22)7-10-6-11(18)4-5-12(10)19/h4-6,8H,3,7H2,1-2H3. The van der Waals surface area contributed by atoms with E-state index in [4.69, 9.17) is 4.74 Å². The summed E-state index contributed by atoms with van der Waals surface area (Å²) in [4.78, 5) is 29.9. The van der Waals surface area contributed by atoms with Gasteiger partial charge in [0.25, 0.3) is 5.56 Å². The van der Waals surface area contributed by atoms with Crippen molar-refractivity contribution in [1.82, 2.24) is 9.55 Å². The molecule has 0 saturated carbocycles. The van der Waals surface area contributed by atoms with Crippen molar-refractivity contribution in [2.75, 3.05) is 6.61 Å². The zero-order valence-electron chi connectivity index (χ0n) is 13.5. The number of aryl methyl sites for hydroxylation is 1. The SMILES string of the molecule is CCOC(=O)c1sc2ncn(Cc3cc(Br)ccc3F)c(=O)c2c1C. The molecule has 25 heavy (non-hydrogen) atoms. The lowest BCUT2D eigenvalue weighted by atomic mass is 10.2. The molecule has 2 aromatic heterocycles. The average Bonchev–Trinajstić information content (AvgIpc) is 2.91. The van der Waals surface area contributed by atoms with Gasteiger partial charge >= 0.3 is 5.97 Å². The van der Waals surface area contributed by atoms with Gasteiger partial charge in [-0.25, -0.2) is 14.2 Å². The van der Waals surface area contributed by atoms with E-state index in [1.54, 1.807) is 26.0 Å². The molecule has 0 bridgehead atoms. The van der Waals surface area contributed by atoms with Gasteiger partial charge in [0.2, 0.25) is 0 Å². The summed E-state index contributed by atoms with van der Waals surface area (Å²) in [5, 5.41) is 0.367. The van der Waals surface area contributed by atoms with Crippen LogP contribution in [0.2, 0.25) is 0 Å². The van der Waals surface area contributed by atoms with Crippen LogP contribution in [-0.4, -0.2) is 22.1 Å². The number of carbonyl (C=O) groups is 1. The average molecular weight is 425 g/mol. The summed E-state index contributed by atoms with van der Waals surface area (Å²) in [5.74, 6) is -0.864. The highest BCUT2D eigenvalue weighted by molar-refractivity contribution is 9.10. The molecule has 0 fully saturated rings. The molecule has 3 aromatic rings. The maximum atomic E-state index is 14.0. The zero-order valence-corrected chi connectivity index (χ0v) is 15.9. The minimum absolute atomic E-state index is 0.0527. The van der Waals surface area contributed by atoms with Gasteiger partial charge in [0.1, 0.15) is 15.5 Å². The molecule has 0 amide bonds. The summed E-state index contributed by atoms with van der Waals surface area (Å²) in [7, 11) is 0. The number of benzene rings is 1. The first kappa shape index (κ1) is 17.8. The fraction of sp³-hybridized carbons (Fsp3) is 0.235. The maximum absolute atomic E-state index is 14.0. The van der Waals surface area contributed by atoms with E-state index in [1.807, 2.05) is 0 Å². The van der Waals surface area contributed by atoms with Gasteiger partial charge in [0.05, 0.1) is 24.9 Å². The third-order valence-electron chi connectivity index (χ3n) is 3.73. The Balaban J connectivity index is 2.08. The number of fused-ring (bicyclic) bond motifs is 1. The maximum Gasteiger partial charge on any atom is 0.348 e. The smallest absolute Gasteiger partial charge is 0.348 e. The van der Waals surface area contributed by atoms with Crippen LogP contribution in [0.4, 0.5) is 4.39 Å². The van der Waals surface area contributed by atoms with E-state index in [0.29, 0.717) is 26.2 Å². The largest absolute Gasteiger partial charge is 0.462 e. The zero-order chi connectivity index (χ0) is 18.1. The number of rotatable bonds is 4. The first-order valence-corrected chi connectivity index (χ1v) is 9.13. The van der Waals surface area contributed by atoms with E-state index < -0.39 is 11.8 Å². The van der Waals surface area contributed by atoms with E-state index in [1.165, 1.54) is 17.0 Å². The van der Waals surface area contributed by atoms with Gasteiger partial charge in [-0.15, -0.1) is 11.3 Å². The molecule has 0 unspecified atom stereocenters. The van der Waals surface area contributed by atoms with Crippen LogP contribution in [0, 0.1) is 12.7 Å². The van der Waals surface area contributed by atoms with Crippen LogP contribution in [0.5, 0.6) is 0 Å². The highest BCUT2D eigenvalue weighted by atomic mass is 79.9. The predicted molar refractivity (Wildman–Crippen MR) is 97.8 cm³/mol. The Morgan fingerprint density at radius 1 is 1.44 bits per heavy atom. The van der Waals surface area contributed by atoms with Gasteiger partial charge in [-0.2, -0.15) is 0 Å². The lowest BCUT2D eigenvalue weighted by Crippen LogP contribution is -2.21. The highest BCUT2D eigenvalue weighted by Crippen LogP contribution is 2.27. The van der Waals surface area contributed by atoms with Gasteiger partial charge in [0.15, 0.2) is 0 Å². The summed E-state index contributed by atoms with van der Waals surface area (Å²) in [6, 6.07) is 4.55. The highest BCUT2D eigenvalue weighted by Gasteiger charge is 2.20. The second-order valence-corrected chi connectivity index (χ2v) is 7.28. The molecule has 0 saturated heterocycles. The quantitative estimate of drug-likeness (QED) is 0.595. The van der Waals surface area contributed by atoms with Gasteiger partial charge in [-0.3, -0.25) is 9.36 Å². The third kappa shape index (κ3) is 3.36. The Morgan fingerprint density at radius 2 is 2.20 bits per heavy atom. The van der Waals surface area contributed by atoms with Crippen molar-refractivity contribution >= 4 is 43.5 Å². The van der Waals surface area contributed by atoms with Crippen molar-refractivity contribution in [1.29, 1.82) is 0 Å². The Hall–Kier alpha value is -2.06. The van der Waals surface area contributed by atoms with Crippen LogP contribution < -0.4 is 5.56 Å². The second kappa shape index (κ2) is 7.05. The lowest BCUT2D eigenvalue weighted by molar-refractivity contribution is 0.0531. The number of halogens is 2. The van der Waals surface area contributed by atoms with Crippen molar-refractivity contribution in [2.45, 2.75) is 20.4 Å². The summed E-state index contributed by atoms with van der Waals surface area (Å²) in [6.07, 6.45) is 1.37. The number of aromatic nitrogens is 2. The number of hydrogen-bond donors (Lipinski definition) is 0. The fourth-order valence-corrected chi connectivity index (χ4v) is 3.95. The first-order valence-electron chi connectivity index (χ1n) is 7.52. The van der Waals surface area contributed by atoms with E-state index in [2.05, 4.69) is 20.9 Å². The number of nitrogens with zero attached hydrogens (tertiary/aromatic N) is 2. The molecule has 0 aliphatic heterocycles. The Labute approximate surface area is 155 Å². The normalized spacial score (nSPS) is 11.0. The number of hydrogen-bond acceptors (Lipinski definition) is 5. The monoisotopic (exact) mass is 424 g/mol. The second-order valence-electron chi connectivity index (χ2n) is 5.37. The number of ether oxygens (including phenoxy) is 1. The van der Waals surface area contributed by atoms with Crippen LogP contribution in [-0.2, 0) is 11.3 Å². The minimum atomic E-state index is -0.466. The summed E-state index contributed by atoms with van der Waals surface area (Å²) >= 11 is 4.42. The van der Waals surface area contributed by atoms with Crippen molar-refractivity contribution in [3.05, 3.63) is 61.2 Å². The van der Waals surface area contributed by atoms with Crippen LogP contribution in [0.1, 0.15) is 27.7 Å². The van der Waals surface area contributed by atoms with Gasteiger partial charge in [0, 0.05) is 10.0 Å². The Kier molecular flexibility index (Phi) is 5.01. The van der Waals surface area contributed by atoms with Gasteiger partial charge in [-0.1, -0.05) is 15.9 Å². The predicted octanol–water partition coefficient (Wildman–Crippen LogP) is 3.89. The van der Waals surface area contributed by atoms with Crippen molar-refractivity contribution < 1.29 is 13.9 Å². The number of carbonyl (C=O) groups excluding carboxylic acids is 1. The van der Waals surface area contributed by atoms with Crippen LogP contribution in [0.15, 0.2) is 33.8 Å². The van der Waals surface area contributed by atoms with Crippen LogP contribution >= 0.6 is 27.3 Å². The topological polar surface area (TPSA) is 61.2 Å². The van der Waals surface area contributed by atoms with Crippen molar-refractivity contribution in [2.24, 2.45) is 0 Å². The minimum Gasteiger partial charge on any atom is -0.462 e. The van der Waals surface area contributed by atoms with E-state index in [-0.39, 0.29) is 18.7 Å². The van der Waals surface area contributed by atoms with E-state index in [0.717, 1.165) is 15.8 Å². The first-order chi connectivity index (χ1) is 11.9. The summed E-state index contributed by atoms with van der Waals surface area (Å²) < 4.78 is 21.0. The molecule has 8 heteroatoms. The molecule has 0 spiro atoms.